The maximum Gasteiger partial charge on any atom is 0.309 e. The van der Waals surface area contributed by atoms with Gasteiger partial charge in [-0.15, -0.1) is 0 Å². The Bertz CT molecular complexity index is 359. The number of esters is 1. The molecule has 0 aliphatic heterocycles. The molecule has 130 valence electrons. The monoisotopic (exact) mass is 315 g/mol. The Morgan fingerprint density at radius 3 is 1.95 bits per heavy atom. The van der Waals surface area contributed by atoms with E-state index in [1.54, 1.807) is 0 Å². The van der Waals surface area contributed by atoms with Crippen molar-refractivity contribution < 1.29 is 18.8 Å². The molecule has 0 bridgehead atoms. The van der Waals surface area contributed by atoms with Crippen LogP contribution in [0.1, 0.15) is 40.5 Å². The van der Waals surface area contributed by atoms with Gasteiger partial charge in [-0.25, -0.2) is 0 Å². The molecule has 2 N–H and O–H groups in total. The standard InChI is InChI=1S/C17H34N2O3/c1-12(2)10-14(11-15(13(3)4)16(18)20)17(21)22-9-8-19(5,6)7/h12-15H,8-11H2,1-7H3,(H-,18,20)/p+1. The predicted molar refractivity (Wildman–Crippen MR) is 88.9 cm³/mol. The summed E-state index contributed by atoms with van der Waals surface area (Å²) in [7, 11) is 6.17. The van der Waals surface area contributed by atoms with Gasteiger partial charge in [-0.2, -0.15) is 0 Å². The van der Waals surface area contributed by atoms with Crippen LogP contribution in [-0.4, -0.2) is 50.7 Å². The lowest BCUT2D eigenvalue weighted by Crippen LogP contribution is -2.39. The van der Waals surface area contributed by atoms with Crippen molar-refractivity contribution >= 4 is 11.9 Å². The zero-order chi connectivity index (χ0) is 17.5. The van der Waals surface area contributed by atoms with Crippen molar-refractivity contribution in [1.82, 2.24) is 0 Å². The van der Waals surface area contributed by atoms with Gasteiger partial charge in [-0.1, -0.05) is 27.7 Å². The molecule has 22 heavy (non-hydrogen) atoms. The third kappa shape index (κ3) is 9.03. The van der Waals surface area contributed by atoms with Crippen LogP contribution in [0, 0.1) is 23.7 Å². The Kier molecular flexibility index (Phi) is 8.68. The fourth-order valence-electron chi connectivity index (χ4n) is 2.42. The van der Waals surface area contributed by atoms with Gasteiger partial charge in [-0.3, -0.25) is 9.59 Å². The van der Waals surface area contributed by atoms with E-state index in [2.05, 4.69) is 35.0 Å². The van der Waals surface area contributed by atoms with E-state index in [-0.39, 0.29) is 29.6 Å². The van der Waals surface area contributed by atoms with E-state index in [1.165, 1.54) is 0 Å². The number of quaternary nitrogens is 1. The number of nitrogens with two attached hydrogens (primary N) is 1. The van der Waals surface area contributed by atoms with E-state index in [9.17, 15) is 9.59 Å². The summed E-state index contributed by atoms with van der Waals surface area (Å²) >= 11 is 0. The Hall–Kier alpha value is -1.10. The number of hydrogen-bond donors (Lipinski definition) is 1. The molecule has 0 heterocycles. The normalized spacial score (nSPS) is 15.0. The number of carbonyl (C=O) groups excluding carboxylic acids is 2. The van der Waals surface area contributed by atoms with E-state index in [0.717, 1.165) is 17.4 Å². The first-order chi connectivity index (χ1) is 9.94. The summed E-state index contributed by atoms with van der Waals surface area (Å²) in [5.41, 5.74) is 5.48. The molecule has 0 saturated carbocycles. The van der Waals surface area contributed by atoms with Gasteiger partial charge < -0.3 is 15.0 Å². The van der Waals surface area contributed by atoms with Gasteiger partial charge in [-0.05, 0) is 24.7 Å². The van der Waals surface area contributed by atoms with Gasteiger partial charge in [0.2, 0.25) is 5.91 Å². The lowest BCUT2D eigenvalue weighted by molar-refractivity contribution is -0.870. The maximum absolute atomic E-state index is 12.4. The molecule has 1 amide bonds. The van der Waals surface area contributed by atoms with E-state index in [0.29, 0.717) is 18.9 Å². The van der Waals surface area contributed by atoms with E-state index < -0.39 is 0 Å². The van der Waals surface area contributed by atoms with Crippen LogP contribution in [0.2, 0.25) is 0 Å². The molecule has 0 aromatic carbocycles. The molecule has 5 nitrogen and oxygen atoms in total. The van der Waals surface area contributed by atoms with Gasteiger partial charge in [0.1, 0.15) is 13.2 Å². The highest BCUT2D eigenvalue weighted by atomic mass is 16.5. The summed E-state index contributed by atoms with van der Waals surface area (Å²) in [6.45, 7) is 9.24. The molecule has 0 aliphatic carbocycles. The van der Waals surface area contributed by atoms with Crippen LogP contribution in [-0.2, 0) is 14.3 Å². The fourth-order valence-corrected chi connectivity index (χ4v) is 2.42. The van der Waals surface area contributed by atoms with Crippen molar-refractivity contribution in [3.63, 3.8) is 0 Å². The SMILES string of the molecule is CC(C)CC(CC(C(N)=O)C(C)C)C(=O)OCC[N+](C)(C)C. The van der Waals surface area contributed by atoms with E-state index in [1.807, 2.05) is 13.8 Å². The number of hydrogen-bond acceptors (Lipinski definition) is 3. The van der Waals surface area contributed by atoms with E-state index >= 15 is 0 Å². The summed E-state index contributed by atoms with van der Waals surface area (Å²) in [5.74, 6) is -0.568. The average molecular weight is 315 g/mol. The highest BCUT2D eigenvalue weighted by Gasteiger charge is 2.29. The van der Waals surface area contributed by atoms with Gasteiger partial charge in [0.25, 0.3) is 0 Å². The highest BCUT2D eigenvalue weighted by molar-refractivity contribution is 5.78. The zero-order valence-corrected chi connectivity index (χ0v) is 15.4. The molecule has 5 heteroatoms. The van der Waals surface area contributed by atoms with Crippen molar-refractivity contribution in [1.29, 1.82) is 0 Å². The number of rotatable bonds is 10. The van der Waals surface area contributed by atoms with Crippen LogP contribution in [0.25, 0.3) is 0 Å². The van der Waals surface area contributed by atoms with Crippen molar-refractivity contribution in [2.45, 2.75) is 40.5 Å². The Morgan fingerprint density at radius 2 is 1.59 bits per heavy atom. The minimum absolute atomic E-state index is 0.131. The number of carbonyl (C=O) groups is 2. The third-order valence-corrected chi connectivity index (χ3v) is 3.80. The first kappa shape index (κ1) is 20.9. The van der Waals surface area contributed by atoms with Gasteiger partial charge in [0.15, 0.2) is 0 Å². The van der Waals surface area contributed by atoms with Crippen LogP contribution in [0.3, 0.4) is 0 Å². The molecule has 0 aromatic rings. The summed E-state index contributed by atoms with van der Waals surface area (Å²) in [6, 6.07) is 0. The number of primary amides is 1. The maximum atomic E-state index is 12.4. The number of amides is 1. The lowest BCUT2D eigenvalue weighted by atomic mass is 9.82. The summed E-state index contributed by atoms with van der Waals surface area (Å²) in [6.07, 6.45) is 1.20. The van der Waals surface area contributed by atoms with Gasteiger partial charge in [0, 0.05) is 5.92 Å². The minimum Gasteiger partial charge on any atom is -0.459 e. The smallest absolute Gasteiger partial charge is 0.309 e. The van der Waals surface area contributed by atoms with Crippen molar-refractivity contribution in [3.8, 4) is 0 Å². The fraction of sp³-hybridized carbons (Fsp3) is 0.882. The van der Waals surface area contributed by atoms with E-state index in [4.69, 9.17) is 10.5 Å². The van der Waals surface area contributed by atoms with Crippen LogP contribution in [0.15, 0.2) is 0 Å². The predicted octanol–water partition coefficient (Wildman–Crippen LogP) is 2.05. The molecule has 0 spiro atoms. The molecule has 2 unspecified atom stereocenters. The molecule has 0 aliphatic rings. The molecule has 0 saturated heterocycles. The van der Waals surface area contributed by atoms with Crippen molar-refractivity contribution in [2.75, 3.05) is 34.3 Å². The number of nitrogens with zero attached hydrogens (tertiary/aromatic N) is 1. The van der Waals surface area contributed by atoms with Crippen LogP contribution >= 0.6 is 0 Å². The summed E-state index contributed by atoms with van der Waals surface area (Å²) in [4.78, 5) is 24.0. The molecule has 0 aromatic heterocycles. The van der Waals surface area contributed by atoms with Gasteiger partial charge in [0.05, 0.1) is 27.1 Å². The largest absolute Gasteiger partial charge is 0.459 e. The summed E-state index contributed by atoms with van der Waals surface area (Å²) in [5, 5.41) is 0. The molecular formula is C17H35N2O3+. The topological polar surface area (TPSA) is 69.4 Å². The van der Waals surface area contributed by atoms with Crippen LogP contribution in [0.4, 0.5) is 0 Å². The highest BCUT2D eigenvalue weighted by Crippen LogP contribution is 2.26. The van der Waals surface area contributed by atoms with Crippen molar-refractivity contribution in [3.05, 3.63) is 0 Å². The lowest BCUT2D eigenvalue weighted by Gasteiger charge is -2.26. The van der Waals surface area contributed by atoms with Crippen LogP contribution < -0.4 is 5.73 Å². The second-order valence-electron chi connectivity index (χ2n) is 8.00. The first-order valence-corrected chi connectivity index (χ1v) is 8.20. The minimum atomic E-state index is -0.331. The Labute approximate surface area is 135 Å². The molecule has 0 rings (SSSR count). The second-order valence-corrected chi connectivity index (χ2v) is 8.00. The molecule has 0 radical (unpaired) electrons. The van der Waals surface area contributed by atoms with Crippen molar-refractivity contribution in [2.24, 2.45) is 29.4 Å². The average Bonchev–Trinajstić information content (AvgIpc) is 2.30. The van der Waals surface area contributed by atoms with Gasteiger partial charge >= 0.3 is 5.97 Å². The molecule has 0 fully saturated rings. The summed E-state index contributed by atoms with van der Waals surface area (Å²) < 4.78 is 6.18. The Morgan fingerprint density at radius 1 is 1.05 bits per heavy atom. The molecular weight excluding hydrogens is 280 g/mol. The quantitative estimate of drug-likeness (QED) is 0.495. The third-order valence-electron chi connectivity index (χ3n) is 3.80. The molecule has 2 atom stereocenters. The van der Waals surface area contributed by atoms with Crippen LogP contribution in [0.5, 0.6) is 0 Å². The number of ether oxygens (including phenoxy) is 1. The Balaban J connectivity index is 4.74. The zero-order valence-electron chi connectivity index (χ0n) is 15.4. The number of likely N-dealkylation sites (N-methyl/N-ethyl adjacent to an activating group) is 1. The second kappa shape index (κ2) is 9.13. The first-order valence-electron chi connectivity index (χ1n) is 8.20.